The third-order valence-corrected chi connectivity index (χ3v) is 4.05. The summed E-state index contributed by atoms with van der Waals surface area (Å²) in [7, 11) is 1.63. The van der Waals surface area contributed by atoms with Gasteiger partial charge in [-0.05, 0) is 48.4 Å². The number of hydrogen-bond donors (Lipinski definition) is 1. The third kappa shape index (κ3) is 3.70. The van der Waals surface area contributed by atoms with Gasteiger partial charge >= 0.3 is 0 Å². The smallest absolute Gasteiger partial charge is 0.120 e. The molecule has 0 amide bonds. The summed E-state index contributed by atoms with van der Waals surface area (Å²) >= 11 is 12.8. The van der Waals surface area contributed by atoms with Gasteiger partial charge in [0.05, 0.1) is 13.2 Å². The van der Waals surface area contributed by atoms with Crippen LogP contribution in [0.25, 0.3) is 0 Å². The van der Waals surface area contributed by atoms with Crippen molar-refractivity contribution in [3.63, 3.8) is 0 Å². The first-order valence-corrected chi connectivity index (χ1v) is 7.65. The lowest BCUT2D eigenvalue weighted by molar-refractivity contribution is 0.414. The average Bonchev–Trinajstić information content (AvgIpc) is 2.46. The highest BCUT2D eigenvalue weighted by Gasteiger charge is 2.19. The Morgan fingerprint density at radius 3 is 2.19 bits per heavy atom. The summed E-state index contributed by atoms with van der Waals surface area (Å²) in [5.74, 6) is 0.744. The van der Waals surface area contributed by atoms with Crippen molar-refractivity contribution in [3.8, 4) is 5.75 Å². The maximum Gasteiger partial charge on any atom is 0.120 e. The molecule has 0 fully saturated rings. The van der Waals surface area contributed by atoms with Gasteiger partial charge in [0.25, 0.3) is 0 Å². The molecule has 0 aromatic heterocycles. The molecule has 2 aromatic rings. The second kappa shape index (κ2) is 7.17. The second-order valence-corrected chi connectivity index (χ2v) is 5.72. The van der Waals surface area contributed by atoms with E-state index in [0.717, 1.165) is 34.0 Å². The fraction of sp³-hybridized carbons (Fsp3) is 0.294. The molecule has 1 N–H and O–H groups in total. The van der Waals surface area contributed by atoms with Gasteiger partial charge in [0, 0.05) is 10.0 Å². The van der Waals surface area contributed by atoms with E-state index in [1.54, 1.807) is 7.11 Å². The minimum Gasteiger partial charge on any atom is -0.497 e. The van der Waals surface area contributed by atoms with Crippen LogP contribution in [0.5, 0.6) is 5.75 Å². The molecular weight excluding hydrogens is 305 g/mol. The van der Waals surface area contributed by atoms with Gasteiger partial charge in [0.2, 0.25) is 0 Å². The molecule has 0 aliphatic carbocycles. The predicted molar refractivity (Wildman–Crippen MR) is 89.7 cm³/mol. The van der Waals surface area contributed by atoms with Crippen molar-refractivity contribution in [2.24, 2.45) is 0 Å². The summed E-state index contributed by atoms with van der Waals surface area (Å²) in [4.78, 5) is 0. The van der Waals surface area contributed by atoms with Gasteiger partial charge in [0.15, 0.2) is 0 Å². The Morgan fingerprint density at radius 2 is 1.67 bits per heavy atom. The highest BCUT2D eigenvalue weighted by Crippen LogP contribution is 2.34. The molecule has 1 unspecified atom stereocenters. The molecule has 2 nitrogen and oxygen atoms in total. The van der Waals surface area contributed by atoms with E-state index in [1.165, 1.54) is 0 Å². The molecule has 1 atom stereocenters. The number of halogens is 2. The molecule has 2 rings (SSSR count). The van der Waals surface area contributed by atoms with Gasteiger partial charge < -0.3 is 10.1 Å². The number of rotatable bonds is 5. The van der Waals surface area contributed by atoms with Crippen LogP contribution >= 0.6 is 23.2 Å². The van der Waals surface area contributed by atoms with E-state index in [0.29, 0.717) is 5.02 Å². The Morgan fingerprint density at radius 1 is 1.05 bits per heavy atom. The second-order valence-electron chi connectivity index (χ2n) is 4.90. The molecule has 2 aromatic carbocycles. The van der Waals surface area contributed by atoms with E-state index in [2.05, 4.69) is 18.3 Å². The highest BCUT2D eigenvalue weighted by atomic mass is 35.5. The topological polar surface area (TPSA) is 21.3 Å². The fourth-order valence-corrected chi connectivity index (χ4v) is 2.95. The zero-order chi connectivity index (χ0) is 15.4. The molecular formula is C17H19Cl2NO. The van der Waals surface area contributed by atoms with Gasteiger partial charge in [-0.3, -0.25) is 0 Å². The number of benzene rings is 2. The summed E-state index contributed by atoms with van der Waals surface area (Å²) in [6.07, 6.45) is 0. The Hall–Kier alpha value is -1.22. The van der Waals surface area contributed by atoms with Crippen LogP contribution in [0.15, 0.2) is 36.4 Å². The van der Waals surface area contributed by atoms with Crippen molar-refractivity contribution < 1.29 is 4.74 Å². The lowest BCUT2D eigenvalue weighted by atomic mass is 9.97. The maximum absolute atomic E-state index is 6.41. The van der Waals surface area contributed by atoms with E-state index < -0.39 is 0 Å². The van der Waals surface area contributed by atoms with Crippen LogP contribution in [0.1, 0.15) is 29.7 Å². The van der Waals surface area contributed by atoms with Gasteiger partial charge in [-0.25, -0.2) is 0 Å². The number of hydrogen-bond acceptors (Lipinski definition) is 2. The Labute approximate surface area is 136 Å². The van der Waals surface area contributed by atoms with Crippen LogP contribution in [0, 0.1) is 6.92 Å². The van der Waals surface area contributed by atoms with Crippen molar-refractivity contribution in [1.82, 2.24) is 5.32 Å². The van der Waals surface area contributed by atoms with Gasteiger partial charge in [-0.1, -0.05) is 48.3 Å². The molecule has 112 valence electrons. The molecule has 4 heteroatoms. The van der Waals surface area contributed by atoms with E-state index >= 15 is 0 Å². The molecule has 0 saturated heterocycles. The Kier molecular flexibility index (Phi) is 5.51. The van der Waals surface area contributed by atoms with E-state index in [9.17, 15) is 0 Å². The Bertz CT molecular complexity index is 628. The third-order valence-electron chi connectivity index (χ3n) is 3.39. The van der Waals surface area contributed by atoms with Crippen LogP contribution in [0.2, 0.25) is 10.0 Å². The van der Waals surface area contributed by atoms with Crippen LogP contribution in [-0.2, 0) is 0 Å². The van der Waals surface area contributed by atoms with Crippen molar-refractivity contribution in [2.75, 3.05) is 13.7 Å². The maximum atomic E-state index is 6.41. The fourth-order valence-electron chi connectivity index (χ4n) is 2.33. The number of ether oxygens (including phenoxy) is 1. The Balaban J connectivity index is 2.48. The number of aryl methyl sites for hydroxylation is 1. The molecule has 0 aliphatic rings. The number of nitrogens with one attached hydrogen (secondary N) is 1. The van der Waals surface area contributed by atoms with Crippen molar-refractivity contribution in [1.29, 1.82) is 0 Å². The molecule has 0 saturated carbocycles. The molecule has 0 spiro atoms. The molecule has 0 bridgehead atoms. The average molecular weight is 324 g/mol. The van der Waals surface area contributed by atoms with E-state index in [4.69, 9.17) is 27.9 Å². The summed E-state index contributed by atoms with van der Waals surface area (Å²) in [6, 6.07) is 11.7. The van der Waals surface area contributed by atoms with Gasteiger partial charge in [0.1, 0.15) is 5.75 Å². The summed E-state index contributed by atoms with van der Waals surface area (Å²) < 4.78 is 5.20. The van der Waals surface area contributed by atoms with Crippen LogP contribution in [0.3, 0.4) is 0 Å². The first-order valence-electron chi connectivity index (χ1n) is 6.89. The summed E-state index contributed by atoms with van der Waals surface area (Å²) in [5, 5.41) is 4.85. The van der Waals surface area contributed by atoms with E-state index in [1.807, 2.05) is 37.3 Å². The van der Waals surface area contributed by atoms with Crippen molar-refractivity contribution in [2.45, 2.75) is 19.9 Å². The largest absolute Gasteiger partial charge is 0.497 e. The number of methoxy groups -OCH3 is 1. The summed E-state index contributed by atoms with van der Waals surface area (Å²) in [5.41, 5.74) is 3.15. The zero-order valence-electron chi connectivity index (χ0n) is 12.4. The quantitative estimate of drug-likeness (QED) is 0.835. The zero-order valence-corrected chi connectivity index (χ0v) is 13.9. The molecule has 0 heterocycles. The van der Waals surface area contributed by atoms with Crippen LogP contribution < -0.4 is 10.1 Å². The van der Waals surface area contributed by atoms with E-state index in [-0.39, 0.29) is 6.04 Å². The van der Waals surface area contributed by atoms with Gasteiger partial charge in [-0.2, -0.15) is 0 Å². The molecule has 0 aliphatic heterocycles. The molecule has 21 heavy (non-hydrogen) atoms. The highest BCUT2D eigenvalue weighted by molar-refractivity contribution is 6.32. The standard InChI is InChI=1S/C17H19Cl2NO/c1-4-20-17(13-7-5-11(2)9-15(13)18)14-8-6-12(21-3)10-16(14)19/h5-10,17,20H,4H2,1-3H3. The van der Waals surface area contributed by atoms with Gasteiger partial charge in [-0.15, -0.1) is 0 Å². The molecule has 0 radical (unpaired) electrons. The van der Waals surface area contributed by atoms with Crippen LogP contribution in [0.4, 0.5) is 0 Å². The SMILES string of the molecule is CCNC(c1ccc(C)cc1Cl)c1ccc(OC)cc1Cl. The first-order chi connectivity index (χ1) is 10.1. The van der Waals surface area contributed by atoms with Crippen molar-refractivity contribution >= 4 is 23.2 Å². The first kappa shape index (κ1) is 16.2. The van der Waals surface area contributed by atoms with Crippen LogP contribution in [-0.4, -0.2) is 13.7 Å². The lowest BCUT2D eigenvalue weighted by Gasteiger charge is -2.22. The summed E-state index contributed by atoms with van der Waals surface area (Å²) in [6.45, 7) is 4.90. The van der Waals surface area contributed by atoms with Crippen molar-refractivity contribution in [3.05, 3.63) is 63.1 Å². The minimum atomic E-state index is -0.0403. The minimum absolute atomic E-state index is 0.0403. The normalized spacial score (nSPS) is 12.2. The lowest BCUT2D eigenvalue weighted by Crippen LogP contribution is -2.22. The predicted octanol–water partition coefficient (Wildman–Crippen LogP) is 5.01. The monoisotopic (exact) mass is 323 g/mol.